The molecular formula is C27H28N2O7S. The summed E-state index contributed by atoms with van der Waals surface area (Å²) in [6.07, 6.45) is 1.03. The number of esters is 2. The van der Waals surface area contributed by atoms with Gasteiger partial charge in [0.15, 0.2) is 0 Å². The van der Waals surface area contributed by atoms with Crippen molar-refractivity contribution in [3.8, 4) is 0 Å². The van der Waals surface area contributed by atoms with Crippen LogP contribution in [0, 0.1) is 0 Å². The van der Waals surface area contributed by atoms with Gasteiger partial charge >= 0.3 is 11.9 Å². The number of hydrogen-bond acceptors (Lipinski definition) is 7. The molecule has 0 aliphatic heterocycles. The largest absolute Gasteiger partial charge is 0.465 e. The van der Waals surface area contributed by atoms with Crippen molar-refractivity contribution < 1.29 is 32.3 Å². The molecule has 1 amide bonds. The highest BCUT2D eigenvalue weighted by molar-refractivity contribution is 7.89. The molecule has 3 aromatic carbocycles. The van der Waals surface area contributed by atoms with E-state index in [0.717, 1.165) is 11.1 Å². The molecule has 0 atom stereocenters. The number of methoxy groups -OCH3 is 2. The topological polar surface area (TPSA) is 128 Å². The number of ether oxygens (including phenoxy) is 2. The van der Waals surface area contributed by atoms with Crippen LogP contribution in [0.15, 0.2) is 77.7 Å². The van der Waals surface area contributed by atoms with E-state index in [1.807, 2.05) is 30.3 Å². The molecular weight excluding hydrogens is 496 g/mol. The molecule has 0 aromatic heterocycles. The summed E-state index contributed by atoms with van der Waals surface area (Å²) in [5.74, 6) is -1.67. The van der Waals surface area contributed by atoms with E-state index in [-0.39, 0.29) is 40.6 Å². The second kappa shape index (κ2) is 12.8. The van der Waals surface area contributed by atoms with Gasteiger partial charge in [0.05, 0.1) is 30.2 Å². The normalized spacial score (nSPS) is 11.0. The van der Waals surface area contributed by atoms with Crippen molar-refractivity contribution in [3.05, 3.63) is 95.1 Å². The van der Waals surface area contributed by atoms with E-state index in [1.165, 1.54) is 44.6 Å². The van der Waals surface area contributed by atoms with Crippen LogP contribution in [0.1, 0.15) is 38.3 Å². The SMILES string of the molecule is COC(=O)c1cc(NC(=O)CCc2ccc(S(=O)(=O)NCCc3ccccc3)cc2)cc(C(=O)OC)c1. The van der Waals surface area contributed by atoms with Gasteiger partial charge < -0.3 is 14.8 Å². The maximum absolute atomic E-state index is 12.6. The van der Waals surface area contributed by atoms with E-state index in [0.29, 0.717) is 12.8 Å². The van der Waals surface area contributed by atoms with Gasteiger partial charge in [-0.2, -0.15) is 0 Å². The standard InChI is InChI=1S/C27H28N2O7S/c1-35-26(31)21-16-22(27(32)36-2)18-23(17-21)29-25(30)13-10-20-8-11-24(12-9-20)37(33,34)28-15-14-19-6-4-3-5-7-19/h3-9,11-12,16-18,28H,10,13-15H2,1-2H3,(H,29,30). The Morgan fingerprint density at radius 2 is 1.32 bits per heavy atom. The Bertz CT molecular complexity index is 1320. The highest BCUT2D eigenvalue weighted by Crippen LogP contribution is 2.18. The minimum Gasteiger partial charge on any atom is -0.465 e. The molecule has 0 saturated heterocycles. The molecule has 0 aliphatic rings. The second-order valence-corrected chi connectivity index (χ2v) is 9.87. The molecule has 0 saturated carbocycles. The number of sulfonamides is 1. The summed E-state index contributed by atoms with van der Waals surface area (Å²) >= 11 is 0. The third-order valence-electron chi connectivity index (χ3n) is 5.48. The number of aryl methyl sites for hydroxylation is 1. The molecule has 3 rings (SSSR count). The van der Waals surface area contributed by atoms with Crippen LogP contribution < -0.4 is 10.0 Å². The number of carbonyl (C=O) groups is 3. The van der Waals surface area contributed by atoms with Crippen LogP contribution in [0.25, 0.3) is 0 Å². The van der Waals surface area contributed by atoms with Crippen molar-refractivity contribution in [2.24, 2.45) is 0 Å². The average molecular weight is 525 g/mol. The zero-order valence-electron chi connectivity index (χ0n) is 20.5. The molecule has 0 aliphatic carbocycles. The molecule has 9 nitrogen and oxygen atoms in total. The number of nitrogens with one attached hydrogen (secondary N) is 2. The Hall–Kier alpha value is -4.02. The Morgan fingerprint density at radius 3 is 1.89 bits per heavy atom. The Balaban J connectivity index is 1.57. The molecule has 0 fully saturated rings. The fourth-order valence-electron chi connectivity index (χ4n) is 3.55. The van der Waals surface area contributed by atoms with E-state index in [9.17, 15) is 22.8 Å². The second-order valence-electron chi connectivity index (χ2n) is 8.11. The maximum atomic E-state index is 12.6. The van der Waals surface area contributed by atoms with Gasteiger partial charge in [0.1, 0.15) is 0 Å². The van der Waals surface area contributed by atoms with E-state index in [2.05, 4.69) is 10.0 Å². The van der Waals surface area contributed by atoms with Gasteiger partial charge in [-0.1, -0.05) is 42.5 Å². The lowest BCUT2D eigenvalue weighted by atomic mass is 10.1. The van der Waals surface area contributed by atoms with Gasteiger partial charge in [-0.05, 0) is 54.3 Å². The lowest BCUT2D eigenvalue weighted by molar-refractivity contribution is -0.116. The van der Waals surface area contributed by atoms with Crippen molar-refractivity contribution in [3.63, 3.8) is 0 Å². The molecule has 10 heteroatoms. The fourth-order valence-corrected chi connectivity index (χ4v) is 4.58. The third kappa shape index (κ3) is 7.99. The van der Waals surface area contributed by atoms with Crippen LogP contribution in [-0.2, 0) is 37.1 Å². The first kappa shape index (κ1) is 27.6. The zero-order chi connectivity index (χ0) is 26.8. The first-order chi connectivity index (χ1) is 17.7. The molecule has 3 aromatic rings. The summed E-state index contributed by atoms with van der Waals surface area (Å²) in [6.45, 7) is 0.281. The Kier molecular flexibility index (Phi) is 9.53. The quantitative estimate of drug-likeness (QED) is 0.368. The number of hydrogen-bond donors (Lipinski definition) is 2. The highest BCUT2D eigenvalue weighted by Gasteiger charge is 2.16. The van der Waals surface area contributed by atoms with Gasteiger partial charge in [-0.15, -0.1) is 0 Å². The minimum absolute atomic E-state index is 0.0925. The van der Waals surface area contributed by atoms with Crippen molar-refractivity contribution in [1.82, 2.24) is 4.72 Å². The predicted octanol–water partition coefficient (Wildman–Crippen LogP) is 3.35. The predicted molar refractivity (Wildman–Crippen MR) is 138 cm³/mol. The monoisotopic (exact) mass is 524 g/mol. The van der Waals surface area contributed by atoms with Crippen molar-refractivity contribution in [2.45, 2.75) is 24.2 Å². The van der Waals surface area contributed by atoms with E-state index < -0.39 is 22.0 Å². The third-order valence-corrected chi connectivity index (χ3v) is 6.96. The minimum atomic E-state index is -3.65. The summed E-state index contributed by atoms with van der Waals surface area (Å²) in [6, 6.07) is 20.0. The molecule has 0 unspecified atom stereocenters. The van der Waals surface area contributed by atoms with Crippen LogP contribution in [-0.4, -0.2) is 47.0 Å². The van der Waals surface area contributed by atoms with Crippen LogP contribution >= 0.6 is 0 Å². The van der Waals surface area contributed by atoms with Crippen LogP contribution in [0.3, 0.4) is 0 Å². The van der Waals surface area contributed by atoms with Crippen molar-refractivity contribution in [2.75, 3.05) is 26.1 Å². The van der Waals surface area contributed by atoms with Gasteiger partial charge in [-0.25, -0.2) is 22.7 Å². The molecule has 0 heterocycles. The van der Waals surface area contributed by atoms with Crippen LogP contribution in [0.5, 0.6) is 0 Å². The number of rotatable bonds is 11. The number of amides is 1. The van der Waals surface area contributed by atoms with Crippen LogP contribution in [0.4, 0.5) is 5.69 Å². The summed E-state index contributed by atoms with van der Waals surface area (Å²) in [7, 11) is -1.23. The molecule has 194 valence electrons. The molecule has 0 radical (unpaired) electrons. The van der Waals surface area contributed by atoms with Crippen LogP contribution in [0.2, 0.25) is 0 Å². The lowest BCUT2D eigenvalue weighted by Gasteiger charge is -2.10. The first-order valence-electron chi connectivity index (χ1n) is 11.5. The zero-order valence-corrected chi connectivity index (χ0v) is 21.3. The van der Waals surface area contributed by atoms with Crippen molar-refractivity contribution >= 4 is 33.6 Å². The average Bonchev–Trinajstić information content (AvgIpc) is 2.91. The van der Waals surface area contributed by atoms with Gasteiger partial charge in [0.25, 0.3) is 0 Å². The first-order valence-corrected chi connectivity index (χ1v) is 12.9. The summed E-state index contributed by atoms with van der Waals surface area (Å²) in [4.78, 5) is 36.5. The summed E-state index contributed by atoms with van der Waals surface area (Å²) in [5, 5.41) is 2.66. The number of carbonyl (C=O) groups excluding carboxylic acids is 3. The summed E-state index contributed by atoms with van der Waals surface area (Å²) in [5.41, 5.74) is 2.25. The molecule has 0 spiro atoms. The van der Waals surface area contributed by atoms with Gasteiger partial charge in [-0.3, -0.25) is 4.79 Å². The van der Waals surface area contributed by atoms with Crippen molar-refractivity contribution in [1.29, 1.82) is 0 Å². The highest BCUT2D eigenvalue weighted by atomic mass is 32.2. The smallest absolute Gasteiger partial charge is 0.337 e. The molecule has 0 bridgehead atoms. The lowest BCUT2D eigenvalue weighted by Crippen LogP contribution is -2.26. The number of benzene rings is 3. The maximum Gasteiger partial charge on any atom is 0.337 e. The van der Waals surface area contributed by atoms with E-state index in [4.69, 9.17) is 9.47 Å². The molecule has 37 heavy (non-hydrogen) atoms. The van der Waals surface area contributed by atoms with E-state index >= 15 is 0 Å². The fraction of sp³-hybridized carbons (Fsp3) is 0.222. The Labute approximate surface area is 215 Å². The van der Waals surface area contributed by atoms with Gasteiger partial charge in [0.2, 0.25) is 15.9 Å². The van der Waals surface area contributed by atoms with E-state index in [1.54, 1.807) is 12.1 Å². The van der Waals surface area contributed by atoms with Gasteiger partial charge in [0, 0.05) is 18.7 Å². The molecule has 2 N–H and O–H groups in total. The Morgan fingerprint density at radius 1 is 0.757 bits per heavy atom. The number of anilines is 1. The summed E-state index contributed by atoms with van der Waals surface area (Å²) < 4.78 is 37.1.